The Balaban J connectivity index is 2.45. The quantitative estimate of drug-likeness (QED) is 0.682. The van der Waals surface area contributed by atoms with Gasteiger partial charge in [0.2, 0.25) is 0 Å². The average molecular weight is 263 g/mol. The van der Waals surface area contributed by atoms with Crippen LogP contribution >= 0.6 is 0 Å². The lowest BCUT2D eigenvalue weighted by Gasteiger charge is -2.33. The van der Waals surface area contributed by atoms with Crippen LogP contribution in [0.5, 0.6) is 0 Å². The third-order valence-electron chi connectivity index (χ3n) is 3.06. The molecule has 0 bridgehead atoms. The van der Waals surface area contributed by atoms with Gasteiger partial charge in [0.1, 0.15) is 0 Å². The molecule has 0 spiro atoms. The molecule has 5 nitrogen and oxygen atoms in total. The first kappa shape index (κ1) is 14.9. The molecule has 0 saturated carbocycles. The highest BCUT2D eigenvalue weighted by Crippen LogP contribution is 2.22. The van der Waals surface area contributed by atoms with Gasteiger partial charge in [-0.1, -0.05) is 13.8 Å². The summed E-state index contributed by atoms with van der Waals surface area (Å²) in [5.41, 5.74) is 0. The zero-order chi connectivity index (χ0) is 12.9. The molecule has 1 heterocycles. The van der Waals surface area contributed by atoms with Crippen LogP contribution in [0.15, 0.2) is 0 Å². The van der Waals surface area contributed by atoms with E-state index in [1.807, 2.05) is 7.05 Å². The first-order chi connectivity index (χ1) is 7.95. The molecule has 0 aromatic carbocycles. The van der Waals surface area contributed by atoms with Crippen LogP contribution in [0.4, 0.5) is 0 Å². The van der Waals surface area contributed by atoms with Gasteiger partial charge in [-0.15, -0.1) is 0 Å². The van der Waals surface area contributed by atoms with Crippen LogP contribution in [0.1, 0.15) is 26.7 Å². The number of piperidine rings is 1. The Morgan fingerprint density at radius 3 is 2.29 bits per heavy atom. The molecule has 1 aliphatic heterocycles. The molecule has 0 radical (unpaired) electrons. The molecular formula is C11H25N3O2S. The number of hydrogen-bond acceptors (Lipinski definition) is 3. The van der Waals surface area contributed by atoms with Crippen LogP contribution in [0.3, 0.4) is 0 Å². The van der Waals surface area contributed by atoms with Gasteiger partial charge in [-0.2, -0.15) is 12.7 Å². The maximum absolute atomic E-state index is 12.0. The van der Waals surface area contributed by atoms with E-state index < -0.39 is 10.2 Å². The van der Waals surface area contributed by atoms with Crippen LogP contribution in [-0.4, -0.2) is 45.9 Å². The summed E-state index contributed by atoms with van der Waals surface area (Å²) < 4.78 is 28.3. The van der Waals surface area contributed by atoms with Crippen molar-refractivity contribution in [2.45, 2.75) is 26.7 Å². The first-order valence-electron chi connectivity index (χ1n) is 6.35. The summed E-state index contributed by atoms with van der Waals surface area (Å²) in [5.74, 6) is 0.903. The summed E-state index contributed by atoms with van der Waals surface area (Å²) in [5, 5.41) is 3.00. The van der Waals surface area contributed by atoms with Crippen molar-refractivity contribution in [1.29, 1.82) is 0 Å². The van der Waals surface area contributed by atoms with Gasteiger partial charge in [-0.3, -0.25) is 0 Å². The summed E-state index contributed by atoms with van der Waals surface area (Å²) in [4.78, 5) is 0. The van der Waals surface area contributed by atoms with E-state index in [-0.39, 0.29) is 0 Å². The third kappa shape index (κ3) is 4.91. The second-order valence-electron chi connectivity index (χ2n) is 5.12. The van der Waals surface area contributed by atoms with Gasteiger partial charge in [0.15, 0.2) is 0 Å². The molecule has 0 aliphatic carbocycles. The van der Waals surface area contributed by atoms with E-state index in [1.165, 1.54) is 0 Å². The Hall–Kier alpha value is -0.170. The molecule has 1 saturated heterocycles. The predicted octanol–water partition coefficient (Wildman–Crippen LogP) is 0.408. The number of nitrogens with one attached hydrogen (secondary N) is 2. The fraction of sp³-hybridized carbons (Fsp3) is 1.00. The highest BCUT2D eigenvalue weighted by Gasteiger charge is 2.29. The minimum Gasteiger partial charge on any atom is -0.320 e. The average Bonchev–Trinajstić information content (AvgIpc) is 2.23. The van der Waals surface area contributed by atoms with Gasteiger partial charge in [0.05, 0.1) is 0 Å². The monoisotopic (exact) mass is 263 g/mol. The maximum Gasteiger partial charge on any atom is 0.279 e. The SMILES string of the molecule is CNCCCNS(=O)(=O)N1CC(C)CC(C)C1. The molecule has 2 atom stereocenters. The van der Waals surface area contributed by atoms with Gasteiger partial charge in [0, 0.05) is 19.6 Å². The third-order valence-corrected chi connectivity index (χ3v) is 4.61. The van der Waals surface area contributed by atoms with E-state index in [4.69, 9.17) is 0 Å². The van der Waals surface area contributed by atoms with E-state index in [9.17, 15) is 8.42 Å². The molecule has 102 valence electrons. The van der Waals surface area contributed by atoms with Gasteiger partial charge < -0.3 is 5.32 Å². The normalized spacial score (nSPS) is 27.2. The molecule has 17 heavy (non-hydrogen) atoms. The van der Waals surface area contributed by atoms with Crippen molar-refractivity contribution in [2.24, 2.45) is 11.8 Å². The highest BCUT2D eigenvalue weighted by atomic mass is 32.2. The Bertz CT molecular complexity index is 309. The van der Waals surface area contributed by atoms with E-state index in [0.717, 1.165) is 19.4 Å². The summed E-state index contributed by atoms with van der Waals surface area (Å²) >= 11 is 0. The summed E-state index contributed by atoms with van der Waals surface area (Å²) in [6.07, 6.45) is 1.93. The Labute approximate surface area is 105 Å². The molecule has 0 aromatic heterocycles. The fourth-order valence-corrected chi connectivity index (χ4v) is 3.85. The molecule has 2 unspecified atom stereocenters. The van der Waals surface area contributed by atoms with Crippen molar-refractivity contribution in [1.82, 2.24) is 14.3 Å². The zero-order valence-corrected chi connectivity index (χ0v) is 11.9. The molecule has 0 amide bonds. The van der Waals surface area contributed by atoms with Crippen LogP contribution in [0.2, 0.25) is 0 Å². The Morgan fingerprint density at radius 2 is 1.76 bits per heavy atom. The lowest BCUT2D eigenvalue weighted by atomic mass is 9.94. The summed E-state index contributed by atoms with van der Waals surface area (Å²) in [6, 6.07) is 0. The number of hydrogen-bond donors (Lipinski definition) is 2. The van der Waals surface area contributed by atoms with E-state index in [2.05, 4.69) is 23.9 Å². The topological polar surface area (TPSA) is 61.4 Å². The lowest BCUT2D eigenvalue weighted by Crippen LogP contribution is -2.48. The highest BCUT2D eigenvalue weighted by molar-refractivity contribution is 7.87. The number of nitrogens with zero attached hydrogens (tertiary/aromatic N) is 1. The standard InChI is InChI=1S/C11H25N3O2S/c1-10-7-11(2)9-14(8-10)17(15,16)13-6-4-5-12-3/h10-13H,4-9H2,1-3H3. The summed E-state index contributed by atoms with van der Waals surface area (Å²) in [7, 11) is -1.41. The van der Waals surface area contributed by atoms with Crippen molar-refractivity contribution < 1.29 is 8.42 Å². The van der Waals surface area contributed by atoms with Crippen LogP contribution in [0, 0.1) is 11.8 Å². The second-order valence-corrected chi connectivity index (χ2v) is 6.87. The largest absolute Gasteiger partial charge is 0.320 e. The minimum absolute atomic E-state index is 0.452. The first-order valence-corrected chi connectivity index (χ1v) is 7.79. The van der Waals surface area contributed by atoms with Gasteiger partial charge in [-0.05, 0) is 38.3 Å². The smallest absolute Gasteiger partial charge is 0.279 e. The molecule has 1 fully saturated rings. The Kier molecular flexibility index (Phi) is 5.85. The maximum atomic E-state index is 12.0. The van der Waals surface area contributed by atoms with Crippen LogP contribution in [0.25, 0.3) is 0 Å². The molecule has 1 rings (SSSR count). The van der Waals surface area contributed by atoms with E-state index >= 15 is 0 Å². The molecule has 0 aromatic rings. The van der Waals surface area contributed by atoms with Crippen LogP contribution in [-0.2, 0) is 10.2 Å². The fourth-order valence-electron chi connectivity index (χ4n) is 2.36. The second kappa shape index (κ2) is 6.68. The van der Waals surface area contributed by atoms with Crippen molar-refractivity contribution >= 4 is 10.2 Å². The van der Waals surface area contributed by atoms with E-state index in [1.54, 1.807) is 4.31 Å². The molecule has 1 aliphatic rings. The van der Waals surface area contributed by atoms with Gasteiger partial charge in [0.25, 0.3) is 10.2 Å². The predicted molar refractivity (Wildman–Crippen MR) is 70.0 cm³/mol. The lowest BCUT2D eigenvalue weighted by molar-refractivity contribution is 0.220. The molecule has 2 N–H and O–H groups in total. The zero-order valence-electron chi connectivity index (χ0n) is 11.1. The van der Waals surface area contributed by atoms with E-state index in [0.29, 0.717) is 31.5 Å². The van der Waals surface area contributed by atoms with Crippen molar-refractivity contribution in [3.8, 4) is 0 Å². The van der Waals surface area contributed by atoms with Crippen molar-refractivity contribution in [2.75, 3.05) is 33.2 Å². The minimum atomic E-state index is -3.27. The van der Waals surface area contributed by atoms with Crippen molar-refractivity contribution in [3.63, 3.8) is 0 Å². The van der Waals surface area contributed by atoms with Gasteiger partial charge >= 0.3 is 0 Å². The molecule has 6 heteroatoms. The molecular weight excluding hydrogens is 238 g/mol. The van der Waals surface area contributed by atoms with Gasteiger partial charge in [-0.25, -0.2) is 4.72 Å². The number of rotatable bonds is 6. The Morgan fingerprint density at radius 1 is 1.18 bits per heavy atom. The van der Waals surface area contributed by atoms with Crippen LogP contribution < -0.4 is 10.0 Å². The summed E-state index contributed by atoms with van der Waals surface area (Å²) in [6.45, 7) is 6.84. The van der Waals surface area contributed by atoms with Crippen molar-refractivity contribution in [3.05, 3.63) is 0 Å².